The summed E-state index contributed by atoms with van der Waals surface area (Å²) in [4.78, 5) is 21.2. The second-order valence-corrected chi connectivity index (χ2v) is 7.92. The molecule has 0 unspecified atom stereocenters. The van der Waals surface area contributed by atoms with Gasteiger partial charge in [-0.25, -0.2) is 4.79 Å². The largest absolute Gasteiger partial charge is 0.496 e. The van der Waals surface area contributed by atoms with Gasteiger partial charge in [0.2, 0.25) is 0 Å². The van der Waals surface area contributed by atoms with Crippen molar-refractivity contribution in [2.24, 2.45) is 0 Å². The summed E-state index contributed by atoms with van der Waals surface area (Å²) in [6, 6.07) is 7.91. The Morgan fingerprint density at radius 1 is 1.31 bits per heavy atom. The van der Waals surface area contributed by atoms with Crippen LogP contribution >= 0.6 is 11.3 Å². The molecule has 5 aromatic rings. The fraction of sp³-hybridized carbons (Fsp3) is 0.190. The van der Waals surface area contributed by atoms with E-state index >= 15 is 0 Å². The third-order valence-electron chi connectivity index (χ3n) is 5.11. The Kier molecular flexibility index (Phi) is 4.02. The van der Waals surface area contributed by atoms with Gasteiger partial charge in [-0.2, -0.15) is 0 Å². The number of nitrogens with zero attached hydrogens (tertiary/aromatic N) is 3. The van der Waals surface area contributed by atoms with Crippen LogP contribution < -0.4 is 10.4 Å². The van der Waals surface area contributed by atoms with E-state index in [0.717, 1.165) is 43.9 Å². The molecular weight excluding hydrogens is 388 g/mol. The lowest BCUT2D eigenvalue weighted by atomic mass is 10.0. The minimum atomic E-state index is -0.156. The number of methoxy groups -OCH3 is 1. The first-order valence-electron chi connectivity index (χ1n) is 9.11. The van der Waals surface area contributed by atoms with Crippen molar-refractivity contribution in [1.29, 1.82) is 0 Å². The monoisotopic (exact) mass is 406 g/mol. The minimum Gasteiger partial charge on any atom is -0.496 e. The number of ether oxygens (including phenoxy) is 1. The fourth-order valence-electron chi connectivity index (χ4n) is 3.81. The maximum atomic E-state index is 12.6. The zero-order valence-corrected chi connectivity index (χ0v) is 17.0. The van der Waals surface area contributed by atoms with E-state index in [-0.39, 0.29) is 5.69 Å². The SMILES string of the molecule is COc1cc2c(cc1-c1c(C)noc1C)ncc1[nH]c(=O)n(Cc3cccs3)c12. The van der Waals surface area contributed by atoms with Crippen molar-refractivity contribution in [2.45, 2.75) is 20.4 Å². The van der Waals surface area contributed by atoms with Crippen LogP contribution in [-0.4, -0.2) is 26.8 Å². The molecule has 0 atom stereocenters. The highest BCUT2D eigenvalue weighted by molar-refractivity contribution is 7.09. The standard InChI is InChI=1S/C21H18N4O3S/c1-11-19(12(2)28-24-11)15-7-16-14(8-18(15)27-3)20-17(9-22-16)23-21(26)25(20)10-13-5-4-6-29-13/h4-9H,10H2,1-3H3,(H,23,26). The number of aromatic nitrogens is 4. The van der Waals surface area contributed by atoms with Crippen LogP contribution in [0.5, 0.6) is 5.75 Å². The number of fused-ring (bicyclic) bond motifs is 3. The number of nitrogens with one attached hydrogen (secondary N) is 1. The van der Waals surface area contributed by atoms with Crippen molar-refractivity contribution in [3.05, 3.63) is 62.7 Å². The summed E-state index contributed by atoms with van der Waals surface area (Å²) in [6.45, 7) is 4.28. The van der Waals surface area contributed by atoms with E-state index in [9.17, 15) is 4.79 Å². The molecule has 0 amide bonds. The van der Waals surface area contributed by atoms with E-state index in [0.29, 0.717) is 17.8 Å². The molecule has 29 heavy (non-hydrogen) atoms. The molecule has 146 valence electrons. The van der Waals surface area contributed by atoms with Crippen LogP contribution in [-0.2, 0) is 6.54 Å². The van der Waals surface area contributed by atoms with Gasteiger partial charge in [-0.05, 0) is 37.4 Å². The Morgan fingerprint density at radius 3 is 2.86 bits per heavy atom. The Hall–Kier alpha value is -3.39. The molecule has 0 bridgehead atoms. The van der Waals surface area contributed by atoms with Crippen LogP contribution in [0.1, 0.15) is 16.3 Å². The van der Waals surface area contributed by atoms with Gasteiger partial charge in [0.25, 0.3) is 0 Å². The van der Waals surface area contributed by atoms with Gasteiger partial charge >= 0.3 is 5.69 Å². The van der Waals surface area contributed by atoms with Crippen LogP contribution in [0.3, 0.4) is 0 Å². The van der Waals surface area contributed by atoms with Gasteiger partial charge in [0.15, 0.2) is 0 Å². The summed E-state index contributed by atoms with van der Waals surface area (Å²) in [5.74, 6) is 1.40. The summed E-state index contributed by atoms with van der Waals surface area (Å²) in [7, 11) is 1.63. The summed E-state index contributed by atoms with van der Waals surface area (Å²) in [5.41, 5.74) is 4.69. The summed E-state index contributed by atoms with van der Waals surface area (Å²) in [6.07, 6.45) is 1.70. The molecule has 5 rings (SSSR count). The van der Waals surface area contributed by atoms with E-state index in [2.05, 4.69) is 15.1 Å². The number of aryl methyl sites for hydroxylation is 2. The number of rotatable bonds is 4. The highest BCUT2D eigenvalue weighted by atomic mass is 32.1. The van der Waals surface area contributed by atoms with Crippen LogP contribution in [0.4, 0.5) is 0 Å². The van der Waals surface area contributed by atoms with Crippen molar-refractivity contribution in [3.8, 4) is 16.9 Å². The minimum absolute atomic E-state index is 0.156. The zero-order chi connectivity index (χ0) is 20.1. The van der Waals surface area contributed by atoms with Gasteiger partial charge in [-0.1, -0.05) is 11.2 Å². The van der Waals surface area contributed by atoms with Gasteiger partial charge in [0, 0.05) is 15.8 Å². The Morgan fingerprint density at radius 2 is 2.17 bits per heavy atom. The van der Waals surface area contributed by atoms with Crippen LogP contribution in [0.2, 0.25) is 0 Å². The van der Waals surface area contributed by atoms with Crippen molar-refractivity contribution in [1.82, 2.24) is 19.7 Å². The zero-order valence-electron chi connectivity index (χ0n) is 16.1. The quantitative estimate of drug-likeness (QED) is 0.482. The first-order chi connectivity index (χ1) is 14.1. The molecule has 0 aliphatic rings. The lowest BCUT2D eigenvalue weighted by Crippen LogP contribution is -2.16. The highest BCUT2D eigenvalue weighted by Crippen LogP contribution is 2.38. The molecule has 0 aliphatic heterocycles. The average molecular weight is 406 g/mol. The molecule has 4 aromatic heterocycles. The van der Waals surface area contributed by atoms with Crippen LogP contribution in [0.25, 0.3) is 33.1 Å². The Balaban J connectivity index is 1.81. The summed E-state index contributed by atoms with van der Waals surface area (Å²) < 4.78 is 12.8. The van der Waals surface area contributed by atoms with E-state index in [4.69, 9.17) is 9.26 Å². The van der Waals surface area contributed by atoms with Crippen LogP contribution in [0.15, 0.2) is 45.2 Å². The first kappa shape index (κ1) is 17.7. The van der Waals surface area contributed by atoms with Crippen molar-refractivity contribution in [2.75, 3.05) is 7.11 Å². The molecule has 7 nitrogen and oxygen atoms in total. The summed E-state index contributed by atoms with van der Waals surface area (Å²) in [5, 5.41) is 6.92. The molecular formula is C21H18N4O3S. The molecule has 4 heterocycles. The van der Waals surface area contributed by atoms with Gasteiger partial charge in [-0.15, -0.1) is 11.3 Å². The van der Waals surface area contributed by atoms with E-state index in [1.807, 2.05) is 43.5 Å². The number of benzene rings is 1. The summed E-state index contributed by atoms with van der Waals surface area (Å²) >= 11 is 1.62. The molecule has 0 saturated heterocycles. The average Bonchev–Trinajstić information content (AvgIpc) is 3.42. The number of aromatic amines is 1. The molecule has 1 N–H and O–H groups in total. The Labute approximate surface area is 169 Å². The third kappa shape index (κ3) is 2.75. The van der Waals surface area contributed by atoms with E-state index in [1.54, 1.807) is 29.2 Å². The number of pyridine rings is 1. The maximum Gasteiger partial charge on any atom is 0.326 e. The van der Waals surface area contributed by atoms with Gasteiger partial charge in [-0.3, -0.25) is 9.55 Å². The Bertz CT molecular complexity index is 1390. The van der Waals surface area contributed by atoms with Crippen molar-refractivity contribution in [3.63, 3.8) is 0 Å². The molecule has 0 saturated carbocycles. The molecule has 0 aliphatic carbocycles. The smallest absolute Gasteiger partial charge is 0.326 e. The van der Waals surface area contributed by atoms with Gasteiger partial charge in [0.1, 0.15) is 11.5 Å². The predicted molar refractivity (Wildman–Crippen MR) is 113 cm³/mol. The molecule has 0 fully saturated rings. The number of hydrogen-bond donors (Lipinski definition) is 1. The van der Waals surface area contributed by atoms with E-state index in [1.165, 1.54) is 0 Å². The number of imidazole rings is 1. The second kappa shape index (κ2) is 6.59. The maximum absolute atomic E-state index is 12.6. The van der Waals surface area contributed by atoms with E-state index < -0.39 is 0 Å². The topological polar surface area (TPSA) is 85.9 Å². The normalized spacial score (nSPS) is 11.6. The lowest BCUT2D eigenvalue weighted by molar-refractivity contribution is 0.393. The van der Waals surface area contributed by atoms with Gasteiger partial charge < -0.3 is 14.2 Å². The fourth-order valence-corrected chi connectivity index (χ4v) is 4.51. The number of H-pyrrole nitrogens is 1. The van der Waals surface area contributed by atoms with Crippen LogP contribution in [0, 0.1) is 13.8 Å². The lowest BCUT2D eigenvalue weighted by Gasteiger charge is -2.11. The van der Waals surface area contributed by atoms with Crippen molar-refractivity contribution >= 4 is 33.3 Å². The van der Waals surface area contributed by atoms with Gasteiger partial charge in [0.05, 0.1) is 47.7 Å². The first-order valence-corrected chi connectivity index (χ1v) is 9.99. The molecule has 0 radical (unpaired) electrons. The highest BCUT2D eigenvalue weighted by Gasteiger charge is 2.19. The van der Waals surface area contributed by atoms with Crippen molar-refractivity contribution < 1.29 is 9.26 Å². The third-order valence-corrected chi connectivity index (χ3v) is 5.98. The molecule has 8 heteroatoms. The molecule has 0 spiro atoms. The second-order valence-electron chi connectivity index (χ2n) is 6.88. The molecule has 1 aromatic carbocycles. The number of thiophene rings is 1. The predicted octanol–water partition coefficient (Wildman–Crippen LogP) is 4.27. The number of hydrogen-bond acceptors (Lipinski definition) is 6.